The van der Waals surface area contributed by atoms with Gasteiger partial charge in [0.15, 0.2) is 0 Å². The third kappa shape index (κ3) is 4.37. The van der Waals surface area contributed by atoms with Crippen LogP contribution in [0.4, 0.5) is 4.79 Å². The summed E-state index contributed by atoms with van der Waals surface area (Å²) >= 11 is 0. The topological polar surface area (TPSA) is 114 Å². The molecule has 9 nitrogen and oxygen atoms in total. The van der Waals surface area contributed by atoms with Gasteiger partial charge in [-0.2, -0.15) is 0 Å². The quantitative estimate of drug-likeness (QED) is 0.651. The molecule has 1 aliphatic carbocycles. The maximum atomic E-state index is 13.1. The van der Waals surface area contributed by atoms with E-state index in [4.69, 9.17) is 14.2 Å². The van der Waals surface area contributed by atoms with Gasteiger partial charge in [0.1, 0.15) is 12.5 Å². The molecule has 0 spiro atoms. The molecule has 2 N–H and O–H groups in total. The second kappa shape index (κ2) is 9.67. The summed E-state index contributed by atoms with van der Waals surface area (Å²) in [6, 6.07) is 15.6. The minimum atomic E-state index is -0.997. The number of likely N-dealkylation sites (tertiary alicyclic amines) is 1. The summed E-state index contributed by atoms with van der Waals surface area (Å²) in [4.78, 5) is 38.8. The van der Waals surface area contributed by atoms with Crippen molar-refractivity contribution >= 4 is 18.0 Å². The van der Waals surface area contributed by atoms with Crippen LogP contribution >= 0.6 is 0 Å². The largest absolute Gasteiger partial charge is 0.481 e. The van der Waals surface area contributed by atoms with Crippen molar-refractivity contribution in [2.24, 2.45) is 11.8 Å². The van der Waals surface area contributed by atoms with Crippen molar-refractivity contribution in [3.05, 3.63) is 59.7 Å². The number of aliphatic carboxylic acids is 1. The average Bonchev–Trinajstić information content (AvgIpc) is 3.58. The van der Waals surface area contributed by atoms with Crippen LogP contribution in [-0.2, 0) is 23.8 Å². The maximum Gasteiger partial charge on any atom is 0.407 e. The van der Waals surface area contributed by atoms with Gasteiger partial charge in [0, 0.05) is 26.1 Å². The van der Waals surface area contributed by atoms with Gasteiger partial charge in [-0.05, 0) is 22.3 Å². The van der Waals surface area contributed by atoms with Crippen LogP contribution in [0, 0.1) is 11.8 Å². The highest BCUT2D eigenvalue weighted by atomic mass is 16.5. The number of carboxylic acids is 1. The molecule has 35 heavy (non-hydrogen) atoms. The van der Waals surface area contributed by atoms with Crippen LogP contribution in [0.3, 0.4) is 0 Å². The maximum absolute atomic E-state index is 13.1. The first kappa shape index (κ1) is 23.3. The van der Waals surface area contributed by atoms with E-state index in [1.165, 1.54) is 12.0 Å². The molecular formula is C26H28N2O7. The second-order valence-corrected chi connectivity index (χ2v) is 9.18. The standard InChI is InChI=1S/C26H28N2O7/c1-33-23-11-28(10-19(23)25(30)31)24(29)21-12-34-14-22(21)27-26(32)35-13-20-17-8-4-2-6-15(17)16-7-3-5-9-18(16)20/h2-9,19-23H,10-14H2,1H3,(H,27,32)(H,30,31). The van der Waals surface area contributed by atoms with Crippen molar-refractivity contribution in [2.75, 3.05) is 40.0 Å². The summed E-state index contributed by atoms with van der Waals surface area (Å²) in [6.45, 7) is 0.777. The molecule has 3 aliphatic rings. The first-order chi connectivity index (χ1) is 17.0. The Bertz CT molecular complexity index is 1090. The molecule has 2 amide bonds. The van der Waals surface area contributed by atoms with Gasteiger partial charge in [0.25, 0.3) is 0 Å². The van der Waals surface area contributed by atoms with Gasteiger partial charge in [-0.25, -0.2) is 4.79 Å². The third-order valence-electron chi connectivity index (χ3n) is 7.24. The molecule has 2 heterocycles. The molecule has 0 radical (unpaired) electrons. The van der Waals surface area contributed by atoms with Crippen molar-refractivity contribution in [3.63, 3.8) is 0 Å². The Morgan fingerprint density at radius 3 is 2.26 bits per heavy atom. The average molecular weight is 481 g/mol. The predicted molar refractivity (Wildman–Crippen MR) is 125 cm³/mol. The summed E-state index contributed by atoms with van der Waals surface area (Å²) in [6.07, 6.45) is -1.17. The molecule has 0 saturated carbocycles. The SMILES string of the molecule is COC1CN(C(=O)C2COCC2NC(=O)OCC2c3ccccc3-c3ccccc32)CC1C(=O)O. The first-order valence-corrected chi connectivity index (χ1v) is 11.7. The molecule has 0 aromatic heterocycles. The zero-order chi connectivity index (χ0) is 24.5. The van der Waals surface area contributed by atoms with Gasteiger partial charge in [0.2, 0.25) is 5.91 Å². The number of rotatable bonds is 6. The molecule has 0 bridgehead atoms. The lowest BCUT2D eigenvalue weighted by atomic mass is 9.98. The number of benzene rings is 2. The van der Waals surface area contributed by atoms with E-state index in [1.54, 1.807) is 0 Å². The zero-order valence-corrected chi connectivity index (χ0v) is 19.4. The fourth-order valence-electron chi connectivity index (χ4n) is 5.40. The molecule has 5 rings (SSSR count). The lowest BCUT2D eigenvalue weighted by molar-refractivity contribution is -0.144. The van der Waals surface area contributed by atoms with Crippen LogP contribution in [0.1, 0.15) is 17.0 Å². The van der Waals surface area contributed by atoms with Crippen LogP contribution in [0.15, 0.2) is 48.5 Å². The van der Waals surface area contributed by atoms with Crippen LogP contribution in [-0.4, -0.2) is 80.1 Å². The van der Waals surface area contributed by atoms with E-state index in [-0.39, 0.29) is 44.7 Å². The summed E-state index contributed by atoms with van der Waals surface area (Å²) in [5.74, 6) is -2.70. The van der Waals surface area contributed by atoms with Crippen LogP contribution < -0.4 is 5.32 Å². The van der Waals surface area contributed by atoms with Gasteiger partial charge in [-0.15, -0.1) is 0 Å². The molecule has 2 fully saturated rings. The fourth-order valence-corrected chi connectivity index (χ4v) is 5.40. The Morgan fingerprint density at radius 1 is 1.00 bits per heavy atom. The first-order valence-electron chi connectivity index (χ1n) is 11.7. The number of carbonyl (C=O) groups is 3. The van der Waals surface area contributed by atoms with Crippen molar-refractivity contribution in [1.29, 1.82) is 0 Å². The number of alkyl carbamates (subject to hydrolysis) is 1. The summed E-state index contributed by atoms with van der Waals surface area (Å²) < 4.78 is 16.3. The summed E-state index contributed by atoms with van der Waals surface area (Å²) in [5.41, 5.74) is 4.53. The Hall–Kier alpha value is -3.43. The lowest BCUT2D eigenvalue weighted by Gasteiger charge is -2.24. The number of carboxylic acid groups (broad SMARTS) is 1. The van der Waals surface area contributed by atoms with E-state index in [1.807, 2.05) is 24.3 Å². The van der Waals surface area contributed by atoms with E-state index in [0.29, 0.717) is 0 Å². The van der Waals surface area contributed by atoms with Crippen LogP contribution in [0.2, 0.25) is 0 Å². The number of amides is 2. The number of hydrogen-bond acceptors (Lipinski definition) is 6. The number of methoxy groups -OCH3 is 1. The number of carbonyl (C=O) groups excluding carboxylic acids is 2. The third-order valence-corrected chi connectivity index (χ3v) is 7.24. The van der Waals surface area contributed by atoms with Crippen molar-refractivity contribution in [3.8, 4) is 11.1 Å². The van der Waals surface area contributed by atoms with Crippen molar-refractivity contribution in [2.45, 2.75) is 18.1 Å². The highest BCUT2D eigenvalue weighted by Crippen LogP contribution is 2.44. The fraction of sp³-hybridized carbons (Fsp3) is 0.423. The minimum absolute atomic E-state index is 0.0612. The molecule has 2 saturated heterocycles. The monoisotopic (exact) mass is 480 g/mol. The molecule has 4 atom stereocenters. The van der Waals surface area contributed by atoms with E-state index in [9.17, 15) is 19.5 Å². The Kier molecular flexibility index (Phi) is 6.44. The zero-order valence-electron chi connectivity index (χ0n) is 19.4. The Labute approximate surface area is 203 Å². The van der Waals surface area contributed by atoms with Gasteiger partial charge < -0.3 is 29.5 Å². The van der Waals surface area contributed by atoms with E-state index >= 15 is 0 Å². The van der Waals surface area contributed by atoms with Gasteiger partial charge in [-0.3, -0.25) is 9.59 Å². The van der Waals surface area contributed by atoms with E-state index in [2.05, 4.69) is 29.6 Å². The smallest absolute Gasteiger partial charge is 0.407 e. The molecule has 9 heteroatoms. The van der Waals surface area contributed by atoms with Crippen molar-refractivity contribution in [1.82, 2.24) is 10.2 Å². The van der Waals surface area contributed by atoms with Gasteiger partial charge >= 0.3 is 12.1 Å². The lowest BCUT2D eigenvalue weighted by Crippen LogP contribution is -2.47. The summed E-state index contributed by atoms with van der Waals surface area (Å²) in [7, 11) is 1.44. The Balaban J connectivity index is 1.21. The Morgan fingerprint density at radius 2 is 1.66 bits per heavy atom. The van der Waals surface area contributed by atoms with Gasteiger partial charge in [0.05, 0.1) is 31.3 Å². The van der Waals surface area contributed by atoms with Crippen molar-refractivity contribution < 1.29 is 33.7 Å². The minimum Gasteiger partial charge on any atom is -0.481 e. The van der Waals surface area contributed by atoms with Crippen LogP contribution in [0.25, 0.3) is 11.1 Å². The molecule has 2 aromatic carbocycles. The second-order valence-electron chi connectivity index (χ2n) is 9.18. The number of hydrogen-bond donors (Lipinski definition) is 2. The predicted octanol–water partition coefficient (Wildman–Crippen LogP) is 2.10. The normalized spacial score (nSPS) is 25.2. The molecular weight excluding hydrogens is 452 g/mol. The molecule has 2 aromatic rings. The number of nitrogens with one attached hydrogen (secondary N) is 1. The molecule has 2 aliphatic heterocycles. The van der Waals surface area contributed by atoms with Gasteiger partial charge in [-0.1, -0.05) is 48.5 Å². The van der Waals surface area contributed by atoms with E-state index in [0.717, 1.165) is 22.3 Å². The number of nitrogens with zero attached hydrogens (tertiary/aromatic N) is 1. The molecule has 184 valence electrons. The highest BCUT2D eigenvalue weighted by Gasteiger charge is 2.45. The summed E-state index contributed by atoms with van der Waals surface area (Å²) in [5, 5.41) is 12.2. The molecule has 4 unspecified atom stereocenters. The van der Waals surface area contributed by atoms with E-state index < -0.39 is 36.0 Å². The number of ether oxygens (including phenoxy) is 3. The van der Waals surface area contributed by atoms with Crippen LogP contribution in [0.5, 0.6) is 0 Å². The highest BCUT2D eigenvalue weighted by molar-refractivity contribution is 5.83. The number of fused-ring (bicyclic) bond motifs is 3.